The van der Waals surface area contributed by atoms with E-state index in [0.29, 0.717) is 38.4 Å². The van der Waals surface area contributed by atoms with E-state index in [1.54, 1.807) is 0 Å². The Bertz CT molecular complexity index is 336. The van der Waals surface area contributed by atoms with Crippen LogP contribution in [0.1, 0.15) is 46.0 Å². The standard InChI is InChI=1S/C16H26O5/c1-4-15(18)20-9-5-6-10-21-16(19)12-14(7-8-17)11-13(2)3/h4,8,13-14H,1,5-7,9-12H2,2-3H3. The van der Waals surface area contributed by atoms with Crippen LogP contribution in [-0.4, -0.2) is 31.4 Å². The van der Waals surface area contributed by atoms with Crippen molar-refractivity contribution in [2.75, 3.05) is 13.2 Å². The molecule has 0 heterocycles. The predicted octanol–water partition coefficient (Wildman–Crippen LogP) is 2.68. The van der Waals surface area contributed by atoms with Crippen molar-refractivity contribution >= 4 is 18.2 Å². The lowest BCUT2D eigenvalue weighted by molar-refractivity contribution is -0.145. The van der Waals surface area contributed by atoms with Crippen LogP contribution in [0.4, 0.5) is 0 Å². The third-order valence-electron chi connectivity index (χ3n) is 2.90. The first-order valence-corrected chi connectivity index (χ1v) is 7.38. The molecule has 0 radical (unpaired) electrons. The number of rotatable bonds is 12. The fraction of sp³-hybridized carbons (Fsp3) is 0.688. The largest absolute Gasteiger partial charge is 0.466 e. The molecule has 1 atom stereocenters. The third-order valence-corrected chi connectivity index (χ3v) is 2.90. The van der Waals surface area contributed by atoms with Crippen molar-refractivity contribution in [3.63, 3.8) is 0 Å². The van der Waals surface area contributed by atoms with Crippen LogP contribution < -0.4 is 0 Å². The van der Waals surface area contributed by atoms with Crippen molar-refractivity contribution < 1.29 is 23.9 Å². The predicted molar refractivity (Wildman–Crippen MR) is 79.6 cm³/mol. The van der Waals surface area contributed by atoms with Gasteiger partial charge in [-0.25, -0.2) is 4.79 Å². The van der Waals surface area contributed by atoms with Gasteiger partial charge in [-0.05, 0) is 31.1 Å². The van der Waals surface area contributed by atoms with Gasteiger partial charge in [-0.15, -0.1) is 0 Å². The zero-order valence-corrected chi connectivity index (χ0v) is 13.0. The summed E-state index contributed by atoms with van der Waals surface area (Å²) in [5.74, 6) is -0.214. The van der Waals surface area contributed by atoms with E-state index in [-0.39, 0.29) is 18.3 Å². The molecule has 0 rings (SSSR count). The summed E-state index contributed by atoms with van der Waals surface area (Å²) in [6, 6.07) is 0. The molecule has 0 bridgehead atoms. The molecule has 0 N–H and O–H groups in total. The summed E-state index contributed by atoms with van der Waals surface area (Å²) < 4.78 is 9.92. The highest BCUT2D eigenvalue weighted by Crippen LogP contribution is 2.18. The average molecular weight is 298 g/mol. The lowest BCUT2D eigenvalue weighted by Crippen LogP contribution is -2.15. The van der Waals surface area contributed by atoms with Crippen LogP contribution in [-0.2, 0) is 23.9 Å². The Morgan fingerprint density at radius 2 is 1.76 bits per heavy atom. The number of unbranched alkanes of at least 4 members (excludes halogenated alkanes) is 1. The smallest absolute Gasteiger partial charge is 0.330 e. The molecule has 0 aliphatic carbocycles. The molecule has 0 spiro atoms. The number of carbonyl (C=O) groups is 3. The quantitative estimate of drug-likeness (QED) is 0.240. The summed E-state index contributed by atoms with van der Waals surface area (Å²) in [6.45, 7) is 8.02. The van der Waals surface area contributed by atoms with Crippen molar-refractivity contribution in [3.8, 4) is 0 Å². The van der Waals surface area contributed by atoms with E-state index < -0.39 is 5.97 Å². The Hall–Kier alpha value is -1.65. The van der Waals surface area contributed by atoms with E-state index in [9.17, 15) is 14.4 Å². The van der Waals surface area contributed by atoms with Gasteiger partial charge in [0.25, 0.3) is 0 Å². The highest BCUT2D eigenvalue weighted by molar-refractivity contribution is 5.81. The SMILES string of the molecule is C=CC(=O)OCCCCOC(=O)CC(CC=O)CC(C)C. The van der Waals surface area contributed by atoms with Gasteiger partial charge in [0.15, 0.2) is 0 Å². The zero-order chi connectivity index (χ0) is 16.1. The van der Waals surface area contributed by atoms with Gasteiger partial charge in [0.1, 0.15) is 6.29 Å². The summed E-state index contributed by atoms with van der Waals surface area (Å²) in [6.07, 6.45) is 4.75. The van der Waals surface area contributed by atoms with Crippen LogP contribution >= 0.6 is 0 Å². The van der Waals surface area contributed by atoms with Gasteiger partial charge in [0.2, 0.25) is 0 Å². The molecule has 0 aliphatic heterocycles. The molecule has 120 valence electrons. The molecule has 21 heavy (non-hydrogen) atoms. The second-order valence-corrected chi connectivity index (χ2v) is 5.40. The Morgan fingerprint density at radius 3 is 2.29 bits per heavy atom. The topological polar surface area (TPSA) is 69.7 Å². The van der Waals surface area contributed by atoms with E-state index in [4.69, 9.17) is 9.47 Å². The van der Waals surface area contributed by atoms with Crippen molar-refractivity contribution in [3.05, 3.63) is 12.7 Å². The Balaban J connectivity index is 3.74. The highest BCUT2D eigenvalue weighted by Gasteiger charge is 2.16. The Morgan fingerprint density at radius 1 is 1.14 bits per heavy atom. The average Bonchev–Trinajstić information content (AvgIpc) is 2.41. The lowest BCUT2D eigenvalue weighted by Gasteiger charge is -2.15. The van der Waals surface area contributed by atoms with Crippen molar-refractivity contribution in [2.24, 2.45) is 11.8 Å². The molecule has 1 unspecified atom stereocenters. The molecule has 5 nitrogen and oxygen atoms in total. The number of carbonyl (C=O) groups excluding carboxylic acids is 3. The number of ether oxygens (including phenoxy) is 2. The molecular weight excluding hydrogens is 272 g/mol. The maximum Gasteiger partial charge on any atom is 0.330 e. The number of aldehydes is 1. The van der Waals surface area contributed by atoms with Gasteiger partial charge in [-0.3, -0.25) is 4.79 Å². The van der Waals surface area contributed by atoms with Gasteiger partial charge < -0.3 is 14.3 Å². The summed E-state index contributed by atoms with van der Waals surface area (Å²) in [7, 11) is 0. The first-order chi connectivity index (χ1) is 9.99. The van der Waals surface area contributed by atoms with E-state index >= 15 is 0 Å². The maximum absolute atomic E-state index is 11.7. The molecule has 0 aromatic rings. The second-order valence-electron chi connectivity index (χ2n) is 5.40. The van der Waals surface area contributed by atoms with E-state index in [0.717, 1.165) is 18.8 Å². The molecule has 0 aromatic heterocycles. The molecule has 0 saturated heterocycles. The highest BCUT2D eigenvalue weighted by atomic mass is 16.5. The first kappa shape index (κ1) is 19.4. The minimum Gasteiger partial charge on any atom is -0.466 e. The molecule has 0 amide bonds. The van der Waals surface area contributed by atoms with Gasteiger partial charge >= 0.3 is 11.9 Å². The van der Waals surface area contributed by atoms with Crippen LogP contribution in [0.3, 0.4) is 0 Å². The molecule has 5 heteroatoms. The minimum atomic E-state index is -0.447. The van der Waals surface area contributed by atoms with Gasteiger partial charge in [-0.1, -0.05) is 20.4 Å². The van der Waals surface area contributed by atoms with Crippen LogP contribution in [0.5, 0.6) is 0 Å². The second kappa shape index (κ2) is 12.1. The Labute approximate surface area is 126 Å². The van der Waals surface area contributed by atoms with E-state index in [2.05, 4.69) is 20.4 Å². The summed E-state index contributed by atoms with van der Waals surface area (Å²) in [5.41, 5.74) is 0. The number of hydrogen-bond acceptors (Lipinski definition) is 5. The van der Waals surface area contributed by atoms with Crippen LogP contribution in [0.15, 0.2) is 12.7 Å². The van der Waals surface area contributed by atoms with Crippen molar-refractivity contribution in [2.45, 2.75) is 46.0 Å². The Kier molecular flexibility index (Phi) is 11.2. The molecular formula is C16H26O5. The van der Waals surface area contributed by atoms with Gasteiger partial charge in [0, 0.05) is 18.9 Å². The van der Waals surface area contributed by atoms with Crippen molar-refractivity contribution in [1.82, 2.24) is 0 Å². The normalized spacial score (nSPS) is 11.8. The van der Waals surface area contributed by atoms with Gasteiger partial charge in [-0.2, -0.15) is 0 Å². The minimum absolute atomic E-state index is 0.0588. The molecule has 0 saturated carbocycles. The van der Waals surface area contributed by atoms with Gasteiger partial charge in [0.05, 0.1) is 13.2 Å². The molecule has 0 fully saturated rings. The lowest BCUT2D eigenvalue weighted by atomic mass is 9.92. The monoisotopic (exact) mass is 298 g/mol. The fourth-order valence-corrected chi connectivity index (χ4v) is 1.98. The molecule has 0 aromatic carbocycles. The summed E-state index contributed by atoms with van der Waals surface area (Å²) >= 11 is 0. The maximum atomic E-state index is 11.7. The zero-order valence-electron chi connectivity index (χ0n) is 13.0. The summed E-state index contributed by atoms with van der Waals surface area (Å²) in [5, 5.41) is 0. The van der Waals surface area contributed by atoms with Crippen LogP contribution in [0.2, 0.25) is 0 Å². The fourth-order valence-electron chi connectivity index (χ4n) is 1.98. The number of esters is 2. The van der Waals surface area contributed by atoms with E-state index in [1.165, 1.54) is 0 Å². The molecule has 0 aliphatic rings. The first-order valence-electron chi connectivity index (χ1n) is 7.38. The van der Waals surface area contributed by atoms with Crippen LogP contribution in [0, 0.1) is 11.8 Å². The third kappa shape index (κ3) is 11.8. The van der Waals surface area contributed by atoms with Crippen LogP contribution in [0.25, 0.3) is 0 Å². The van der Waals surface area contributed by atoms with Crippen molar-refractivity contribution in [1.29, 1.82) is 0 Å². The van der Waals surface area contributed by atoms with E-state index in [1.807, 2.05) is 0 Å². The number of hydrogen-bond donors (Lipinski definition) is 0. The summed E-state index contributed by atoms with van der Waals surface area (Å²) in [4.78, 5) is 33.0.